The molecule has 2 aromatic rings. The van der Waals surface area contributed by atoms with Crippen LogP contribution in [-0.4, -0.2) is 12.5 Å². The molecule has 0 saturated heterocycles. The van der Waals surface area contributed by atoms with Gasteiger partial charge in [-0.1, -0.05) is 22.9 Å². The SMILES string of the molecule is CCc1cc(N)cc(C)c1NC(=O)COc1ccc(Br)cc1. The fourth-order valence-electron chi connectivity index (χ4n) is 2.20. The first-order valence-electron chi connectivity index (χ1n) is 7.06. The van der Waals surface area contributed by atoms with Crippen LogP contribution in [0.5, 0.6) is 5.75 Å². The molecule has 1 amide bonds. The number of aryl methyl sites for hydroxylation is 2. The van der Waals surface area contributed by atoms with E-state index < -0.39 is 0 Å². The average molecular weight is 363 g/mol. The van der Waals surface area contributed by atoms with Gasteiger partial charge in [0.15, 0.2) is 6.61 Å². The zero-order chi connectivity index (χ0) is 16.1. The van der Waals surface area contributed by atoms with Crippen molar-refractivity contribution in [3.05, 3.63) is 52.0 Å². The Morgan fingerprint density at radius 3 is 2.59 bits per heavy atom. The molecule has 2 aromatic carbocycles. The molecule has 0 heterocycles. The molecule has 4 nitrogen and oxygen atoms in total. The topological polar surface area (TPSA) is 64.3 Å². The Labute approximate surface area is 138 Å². The first kappa shape index (κ1) is 16.4. The van der Waals surface area contributed by atoms with E-state index in [1.165, 1.54) is 0 Å². The second-order valence-corrected chi connectivity index (χ2v) is 5.93. The van der Waals surface area contributed by atoms with Gasteiger partial charge in [0.2, 0.25) is 0 Å². The molecule has 2 rings (SSSR count). The number of carbonyl (C=O) groups is 1. The summed E-state index contributed by atoms with van der Waals surface area (Å²) < 4.78 is 6.44. The predicted molar refractivity (Wildman–Crippen MR) is 93.2 cm³/mol. The van der Waals surface area contributed by atoms with Crippen molar-refractivity contribution in [3.8, 4) is 5.75 Å². The van der Waals surface area contributed by atoms with Crippen molar-refractivity contribution >= 4 is 33.2 Å². The highest BCUT2D eigenvalue weighted by molar-refractivity contribution is 9.10. The van der Waals surface area contributed by atoms with Gasteiger partial charge in [-0.2, -0.15) is 0 Å². The third-order valence-electron chi connectivity index (χ3n) is 3.27. The zero-order valence-electron chi connectivity index (χ0n) is 12.7. The summed E-state index contributed by atoms with van der Waals surface area (Å²) in [5.74, 6) is 0.466. The number of hydrogen-bond donors (Lipinski definition) is 2. The standard InChI is InChI=1S/C17H19BrN2O2/c1-3-12-9-14(19)8-11(2)17(12)20-16(21)10-22-15-6-4-13(18)5-7-15/h4-9H,3,10,19H2,1-2H3,(H,20,21). The number of nitrogen functional groups attached to an aromatic ring is 1. The first-order chi connectivity index (χ1) is 10.5. The van der Waals surface area contributed by atoms with Crippen LogP contribution < -0.4 is 15.8 Å². The van der Waals surface area contributed by atoms with E-state index in [0.29, 0.717) is 11.4 Å². The predicted octanol–water partition coefficient (Wildman–Crippen LogP) is 3.92. The number of nitrogens with two attached hydrogens (primary N) is 1. The van der Waals surface area contributed by atoms with Crippen molar-refractivity contribution in [3.63, 3.8) is 0 Å². The molecule has 0 fully saturated rings. The van der Waals surface area contributed by atoms with Crippen LogP contribution in [0.2, 0.25) is 0 Å². The van der Waals surface area contributed by atoms with Crippen LogP contribution in [0.25, 0.3) is 0 Å². The first-order valence-corrected chi connectivity index (χ1v) is 7.86. The van der Waals surface area contributed by atoms with Gasteiger partial charge in [-0.05, 0) is 60.9 Å². The van der Waals surface area contributed by atoms with E-state index in [0.717, 1.165) is 27.7 Å². The van der Waals surface area contributed by atoms with E-state index in [1.54, 1.807) is 0 Å². The van der Waals surface area contributed by atoms with Crippen molar-refractivity contribution < 1.29 is 9.53 Å². The lowest BCUT2D eigenvalue weighted by molar-refractivity contribution is -0.118. The van der Waals surface area contributed by atoms with Gasteiger partial charge in [-0.3, -0.25) is 4.79 Å². The lowest BCUT2D eigenvalue weighted by Crippen LogP contribution is -2.21. The number of benzene rings is 2. The minimum Gasteiger partial charge on any atom is -0.484 e. The Bertz CT molecular complexity index is 669. The highest BCUT2D eigenvalue weighted by Crippen LogP contribution is 2.24. The fourth-order valence-corrected chi connectivity index (χ4v) is 2.47. The summed E-state index contributed by atoms with van der Waals surface area (Å²) in [5.41, 5.74) is 9.34. The van der Waals surface area contributed by atoms with E-state index in [4.69, 9.17) is 10.5 Å². The molecule has 0 saturated carbocycles. The van der Waals surface area contributed by atoms with Gasteiger partial charge < -0.3 is 15.8 Å². The van der Waals surface area contributed by atoms with E-state index in [1.807, 2.05) is 50.2 Å². The Kier molecular flexibility index (Phi) is 5.44. The van der Waals surface area contributed by atoms with Crippen LogP contribution in [0.3, 0.4) is 0 Å². The number of nitrogens with one attached hydrogen (secondary N) is 1. The maximum atomic E-state index is 12.1. The summed E-state index contributed by atoms with van der Waals surface area (Å²) in [7, 11) is 0. The zero-order valence-corrected chi connectivity index (χ0v) is 14.2. The smallest absolute Gasteiger partial charge is 0.262 e. The third kappa shape index (κ3) is 4.24. The Balaban J connectivity index is 2.01. The van der Waals surface area contributed by atoms with Crippen LogP contribution in [0.15, 0.2) is 40.9 Å². The molecule has 0 spiro atoms. The van der Waals surface area contributed by atoms with Gasteiger partial charge in [0.05, 0.1) is 0 Å². The fraction of sp³-hybridized carbons (Fsp3) is 0.235. The number of ether oxygens (including phenoxy) is 1. The van der Waals surface area contributed by atoms with Gasteiger partial charge in [-0.15, -0.1) is 0 Å². The molecule has 0 atom stereocenters. The van der Waals surface area contributed by atoms with Crippen LogP contribution >= 0.6 is 15.9 Å². The van der Waals surface area contributed by atoms with E-state index >= 15 is 0 Å². The second-order valence-electron chi connectivity index (χ2n) is 5.02. The van der Waals surface area contributed by atoms with Crippen molar-refractivity contribution in [1.82, 2.24) is 0 Å². The van der Waals surface area contributed by atoms with E-state index in [9.17, 15) is 4.79 Å². The third-order valence-corrected chi connectivity index (χ3v) is 3.80. The quantitative estimate of drug-likeness (QED) is 0.792. The van der Waals surface area contributed by atoms with Gasteiger partial charge in [0.1, 0.15) is 5.75 Å². The van der Waals surface area contributed by atoms with Crippen molar-refractivity contribution in [2.24, 2.45) is 0 Å². The summed E-state index contributed by atoms with van der Waals surface area (Å²) in [6.45, 7) is 3.93. The van der Waals surface area contributed by atoms with E-state index in [2.05, 4.69) is 21.2 Å². The Morgan fingerprint density at radius 2 is 1.95 bits per heavy atom. The molecule has 0 aromatic heterocycles. The number of anilines is 2. The molecule has 0 radical (unpaired) electrons. The second kappa shape index (κ2) is 7.31. The van der Waals surface area contributed by atoms with Crippen molar-refractivity contribution in [2.75, 3.05) is 17.7 Å². The number of halogens is 1. The van der Waals surface area contributed by atoms with Gasteiger partial charge >= 0.3 is 0 Å². The maximum absolute atomic E-state index is 12.1. The van der Waals surface area contributed by atoms with Crippen LogP contribution in [0, 0.1) is 6.92 Å². The molecule has 22 heavy (non-hydrogen) atoms. The molecular weight excluding hydrogens is 344 g/mol. The average Bonchev–Trinajstić information content (AvgIpc) is 2.49. The molecule has 3 N–H and O–H groups in total. The molecule has 116 valence electrons. The van der Waals surface area contributed by atoms with Gasteiger partial charge in [0.25, 0.3) is 5.91 Å². The van der Waals surface area contributed by atoms with Gasteiger partial charge in [-0.25, -0.2) is 0 Å². The van der Waals surface area contributed by atoms with E-state index in [-0.39, 0.29) is 12.5 Å². The largest absolute Gasteiger partial charge is 0.484 e. The summed E-state index contributed by atoms with van der Waals surface area (Å²) in [4.78, 5) is 12.1. The number of carbonyl (C=O) groups excluding carboxylic acids is 1. The normalized spacial score (nSPS) is 10.3. The molecule has 5 heteroatoms. The maximum Gasteiger partial charge on any atom is 0.262 e. The molecule has 0 aliphatic carbocycles. The molecule has 0 bridgehead atoms. The number of amides is 1. The summed E-state index contributed by atoms with van der Waals surface area (Å²) in [5, 5.41) is 2.91. The number of rotatable bonds is 5. The monoisotopic (exact) mass is 362 g/mol. The van der Waals surface area contributed by atoms with Crippen molar-refractivity contribution in [2.45, 2.75) is 20.3 Å². The minimum atomic E-state index is -0.189. The minimum absolute atomic E-state index is 0.0331. The molecular formula is C17H19BrN2O2. The molecule has 0 aliphatic heterocycles. The van der Waals surface area contributed by atoms with Crippen LogP contribution in [-0.2, 0) is 11.2 Å². The molecule has 0 unspecified atom stereocenters. The highest BCUT2D eigenvalue weighted by atomic mass is 79.9. The Hall–Kier alpha value is -2.01. The summed E-state index contributed by atoms with van der Waals surface area (Å²) >= 11 is 3.35. The van der Waals surface area contributed by atoms with Crippen molar-refractivity contribution in [1.29, 1.82) is 0 Å². The van der Waals surface area contributed by atoms with Crippen LogP contribution in [0.1, 0.15) is 18.1 Å². The Morgan fingerprint density at radius 1 is 1.27 bits per heavy atom. The summed E-state index contributed by atoms with van der Waals surface area (Å²) in [6, 6.07) is 11.1. The lowest BCUT2D eigenvalue weighted by Gasteiger charge is -2.14. The number of hydrogen-bond acceptors (Lipinski definition) is 3. The highest BCUT2D eigenvalue weighted by Gasteiger charge is 2.10. The summed E-state index contributed by atoms with van der Waals surface area (Å²) in [6.07, 6.45) is 0.801. The lowest BCUT2D eigenvalue weighted by atomic mass is 10.0. The molecule has 0 aliphatic rings. The van der Waals surface area contributed by atoms with Crippen LogP contribution in [0.4, 0.5) is 11.4 Å². The van der Waals surface area contributed by atoms with Gasteiger partial charge in [0, 0.05) is 15.8 Å².